The minimum atomic E-state index is 0.238. The third-order valence-corrected chi connectivity index (χ3v) is 1.58. The molecule has 0 spiro atoms. The van der Waals surface area contributed by atoms with Crippen LogP contribution in [-0.2, 0) is 0 Å². The summed E-state index contributed by atoms with van der Waals surface area (Å²) in [4.78, 5) is 7.79. The van der Waals surface area contributed by atoms with Gasteiger partial charge in [-0.15, -0.1) is 12.3 Å². The number of anilines is 1. The highest BCUT2D eigenvalue weighted by molar-refractivity contribution is 9.10. The summed E-state index contributed by atoms with van der Waals surface area (Å²) in [6.07, 6.45) is 5.57. The lowest BCUT2D eigenvalue weighted by Crippen LogP contribution is -2.02. The first-order valence-corrected chi connectivity index (χ1v) is 4.38. The van der Waals surface area contributed by atoms with Crippen LogP contribution in [0.3, 0.4) is 0 Å². The van der Waals surface area contributed by atoms with Gasteiger partial charge in [0.1, 0.15) is 17.0 Å². The smallest absolute Gasteiger partial charge is 0.319 e. The van der Waals surface area contributed by atoms with Gasteiger partial charge in [-0.2, -0.15) is 9.97 Å². The Hall–Kier alpha value is -1.28. The molecule has 0 aliphatic rings. The van der Waals surface area contributed by atoms with Crippen LogP contribution in [0.1, 0.15) is 6.42 Å². The van der Waals surface area contributed by atoms with Crippen molar-refractivity contribution >= 4 is 21.7 Å². The van der Waals surface area contributed by atoms with Crippen molar-refractivity contribution in [2.75, 3.05) is 12.3 Å². The standard InChI is InChI=1S/C8H8BrN3O/c1-2-3-4-13-8-11-6(9)5-7(10)12-8/h1,5H,3-4H2,(H2,10,11,12). The van der Waals surface area contributed by atoms with Crippen LogP contribution in [0.2, 0.25) is 0 Å². The molecule has 2 N–H and O–H groups in total. The van der Waals surface area contributed by atoms with Gasteiger partial charge in [-0.1, -0.05) is 0 Å². The Morgan fingerprint density at radius 1 is 1.62 bits per heavy atom. The van der Waals surface area contributed by atoms with Gasteiger partial charge < -0.3 is 10.5 Å². The van der Waals surface area contributed by atoms with E-state index in [2.05, 4.69) is 31.8 Å². The highest BCUT2D eigenvalue weighted by atomic mass is 79.9. The van der Waals surface area contributed by atoms with Crippen molar-refractivity contribution in [1.82, 2.24) is 9.97 Å². The van der Waals surface area contributed by atoms with Gasteiger partial charge in [0.25, 0.3) is 0 Å². The van der Waals surface area contributed by atoms with Crippen LogP contribution in [0.4, 0.5) is 5.82 Å². The van der Waals surface area contributed by atoms with E-state index in [1.165, 1.54) is 0 Å². The molecular weight excluding hydrogens is 234 g/mol. The largest absolute Gasteiger partial charge is 0.462 e. The number of hydrogen-bond donors (Lipinski definition) is 1. The summed E-state index contributed by atoms with van der Waals surface area (Å²) in [7, 11) is 0. The van der Waals surface area contributed by atoms with Gasteiger partial charge in [-0.3, -0.25) is 0 Å². The monoisotopic (exact) mass is 241 g/mol. The lowest BCUT2D eigenvalue weighted by Gasteiger charge is -2.02. The highest BCUT2D eigenvalue weighted by Gasteiger charge is 2.00. The number of hydrogen-bond acceptors (Lipinski definition) is 4. The van der Waals surface area contributed by atoms with Crippen molar-refractivity contribution in [3.05, 3.63) is 10.7 Å². The molecule has 0 aliphatic heterocycles. The fraction of sp³-hybridized carbons (Fsp3) is 0.250. The van der Waals surface area contributed by atoms with Gasteiger partial charge in [-0.25, -0.2) is 0 Å². The molecule has 1 rings (SSSR count). The summed E-state index contributed by atoms with van der Waals surface area (Å²) in [6.45, 7) is 0.395. The summed E-state index contributed by atoms with van der Waals surface area (Å²) in [5.41, 5.74) is 5.46. The first kappa shape index (κ1) is 9.81. The predicted octanol–water partition coefficient (Wildman–Crippen LogP) is 1.22. The zero-order chi connectivity index (χ0) is 9.68. The SMILES string of the molecule is C#CCCOc1nc(N)cc(Br)n1. The molecule has 4 nitrogen and oxygen atoms in total. The molecule has 0 bridgehead atoms. The highest BCUT2D eigenvalue weighted by Crippen LogP contribution is 2.13. The Morgan fingerprint density at radius 2 is 2.38 bits per heavy atom. The summed E-state index contributed by atoms with van der Waals surface area (Å²) >= 11 is 3.17. The average molecular weight is 242 g/mol. The van der Waals surface area contributed by atoms with Gasteiger partial charge in [0.15, 0.2) is 0 Å². The Morgan fingerprint density at radius 3 is 3.00 bits per heavy atom. The second-order valence-corrected chi connectivity index (χ2v) is 3.01. The third kappa shape index (κ3) is 3.30. The number of nitrogen functional groups attached to an aromatic ring is 1. The van der Waals surface area contributed by atoms with E-state index in [1.807, 2.05) is 0 Å². The molecule has 0 saturated heterocycles. The minimum absolute atomic E-state index is 0.238. The Kier molecular flexibility index (Phi) is 3.53. The molecule has 0 atom stereocenters. The minimum Gasteiger partial charge on any atom is -0.462 e. The molecular formula is C8H8BrN3O. The molecule has 0 amide bonds. The zero-order valence-electron chi connectivity index (χ0n) is 6.83. The summed E-state index contributed by atoms with van der Waals surface area (Å²) in [5, 5.41) is 0. The topological polar surface area (TPSA) is 61.0 Å². The van der Waals surface area contributed by atoms with Crippen LogP contribution in [0.5, 0.6) is 6.01 Å². The van der Waals surface area contributed by atoms with E-state index in [0.29, 0.717) is 23.4 Å². The van der Waals surface area contributed by atoms with E-state index in [4.69, 9.17) is 16.9 Å². The second-order valence-electron chi connectivity index (χ2n) is 2.20. The van der Waals surface area contributed by atoms with E-state index in [0.717, 1.165) is 0 Å². The molecule has 0 fully saturated rings. The van der Waals surface area contributed by atoms with E-state index >= 15 is 0 Å². The second kappa shape index (κ2) is 4.67. The molecule has 0 radical (unpaired) electrons. The Labute approximate surface area is 84.7 Å². The van der Waals surface area contributed by atoms with E-state index in [9.17, 15) is 0 Å². The van der Waals surface area contributed by atoms with Crippen molar-refractivity contribution in [2.45, 2.75) is 6.42 Å². The number of nitrogens with two attached hydrogens (primary N) is 1. The van der Waals surface area contributed by atoms with Gasteiger partial charge in [0, 0.05) is 12.5 Å². The first-order valence-electron chi connectivity index (χ1n) is 3.58. The fourth-order valence-corrected chi connectivity index (χ4v) is 1.07. The summed E-state index contributed by atoms with van der Waals surface area (Å²) in [5.74, 6) is 2.80. The number of aromatic nitrogens is 2. The van der Waals surface area contributed by atoms with Crippen LogP contribution < -0.4 is 10.5 Å². The number of ether oxygens (including phenoxy) is 1. The van der Waals surface area contributed by atoms with Crippen LogP contribution in [0.15, 0.2) is 10.7 Å². The number of halogens is 1. The molecule has 0 aromatic carbocycles. The first-order chi connectivity index (χ1) is 6.22. The Balaban J connectivity index is 2.62. The molecule has 0 unspecified atom stereocenters. The lowest BCUT2D eigenvalue weighted by atomic mass is 10.5. The number of nitrogens with zero attached hydrogens (tertiary/aromatic N) is 2. The molecule has 5 heteroatoms. The average Bonchev–Trinajstić information content (AvgIpc) is 2.03. The number of terminal acetylenes is 1. The van der Waals surface area contributed by atoms with Crippen molar-refractivity contribution < 1.29 is 4.74 Å². The van der Waals surface area contributed by atoms with Crippen LogP contribution in [-0.4, -0.2) is 16.6 Å². The molecule has 0 aliphatic carbocycles. The van der Waals surface area contributed by atoms with Gasteiger partial charge in [-0.05, 0) is 15.9 Å². The van der Waals surface area contributed by atoms with E-state index in [1.54, 1.807) is 6.07 Å². The maximum atomic E-state index is 5.46. The third-order valence-electron chi connectivity index (χ3n) is 1.17. The molecule has 1 aromatic rings. The van der Waals surface area contributed by atoms with Crippen LogP contribution in [0.25, 0.3) is 0 Å². The maximum absolute atomic E-state index is 5.46. The molecule has 1 heterocycles. The number of rotatable bonds is 3. The quantitative estimate of drug-likeness (QED) is 0.491. The normalized spacial score (nSPS) is 9.23. The maximum Gasteiger partial charge on any atom is 0.319 e. The predicted molar refractivity (Wildman–Crippen MR) is 53.1 cm³/mol. The van der Waals surface area contributed by atoms with Crippen molar-refractivity contribution in [3.8, 4) is 18.4 Å². The molecule has 0 saturated carbocycles. The van der Waals surface area contributed by atoms with Crippen molar-refractivity contribution in [3.63, 3.8) is 0 Å². The van der Waals surface area contributed by atoms with Gasteiger partial charge in [0.2, 0.25) is 0 Å². The van der Waals surface area contributed by atoms with Crippen molar-refractivity contribution in [2.24, 2.45) is 0 Å². The van der Waals surface area contributed by atoms with Gasteiger partial charge in [0.05, 0.1) is 0 Å². The lowest BCUT2D eigenvalue weighted by molar-refractivity contribution is 0.301. The van der Waals surface area contributed by atoms with Crippen LogP contribution >= 0.6 is 15.9 Å². The van der Waals surface area contributed by atoms with Crippen LogP contribution in [0, 0.1) is 12.3 Å². The molecule has 13 heavy (non-hydrogen) atoms. The molecule has 68 valence electrons. The fourth-order valence-electron chi connectivity index (χ4n) is 0.679. The van der Waals surface area contributed by atoms with Gasteiger partial charge >= 0.3 is 6.01 Å². The zero-order valence-corrected chi connectivity index (χ0v) is 8.41. The van der Waals surface area contributed by atoms with Crippen molar-refractivity contribution in [1.29, 1.82) is 0 Å². The Bertz CT molecular complexity index is 314. The van der Waals surface area contributed by atoms with E-state index < -0.39 is 0 Å². The summed E-state index contributed by atoms with van der Waals surface area (Å²) in [6, 6.07) is 1.83. The van der Waals surface area contributed by atoms with E-state index in [-0.39, 0.29) is 6.01 Å². The molecule has 1 aromatic heterocycles. The summed E-state index contributed by atoms with van der Waals surface area (Å²) < 4.78 is 5.73.